The summed E-state index contributed by atoms with van der Waals surface area (Å²) in [5.41, 5.74) is 1.77. The Morgan fingerprint density at radius 2 is 2.00 bits per heavy atom. The van der Waals surface area contributed by atoms with E-state index in [0.717, 1.165) is 23.5 Å². The Morgan fingerprint density at radius 3 is 2.84 bits per heavy atom. The summed E-state index contributed by atoms with van der Waals surface area (Å²) in [5.74, 6) is -1.57. The van der Waals surface area contributed by atoms with E-state index in [1.165, 1.54) is 6.07 Å². The number of esters is 1. The van der Waals surface area contributed by atoms with Crippen molar-refractivity contribution in [3.8, 4) is 0 Å². The van der Waals surface area contributed by atoms with Gasteiger partial charge in [-0.25, -0.2) is 4.39 Å². The molecule has 0 atom stereocenters. The number of carbonyl (C=O) groups excluding carboxylic acids is 2. The summed E-state index contributed by atoms with van der Waals surface area (Å²) in [4.78, 5) is 24.0. The van der Waals surface area contributed by atoms with Crippen LogP contribution in [0.1, 0.15) is 0 Å². The summed E-state index contributed by atoms with van der Waals surface area (Å²) in [6.45, 7) is -0.426. The summed E-state index contributed by atoms with van der Waals surface area (Å²) >= 11 is 2.06. The summed E-state index contributed by atoms with van der Waals surface area (Å²) < 4.78 is 26.5. The molecular weight excluding hydrogens is 365 g/mol. The third kappa shape index (κ3) is 4.52. The second kappa shape index (κ2) is 8.04. The van der Waals surface area contributed by atoms with Crippen molar-refractivity contribution < 1.29 is 18.7 Å². The lowest BCUT2D eigenvalue weighted by Crippen LogP contribution is -2.21. The number of benzene rings is 2. The largest absolute Gasteiger partial charge is 0.455 e. The lowest BCUT2D eigenvalue weighted by atomic mass is 10.2. The average Bonchev–Trinajstić information content (AvgIpc) is 3.09. The molecule has 0 spiro atoms. The van der Waals surface area contributed by atoms with Crippen molar-refractivity contribution in [2.24, 2.45) is 0 Å². The molecule has 0 saturated heterocycles. The molecule has 0 radical (unpaired) electrons. The number of halogens is 1. The Morgan fingerprint density at radius 1 is 1.16 bits per heavy atom. The second-order valence-corrected chi connectivity index (χ2v) is 6.41. The predicted octanol–water partition coefficient (Wildman–Crippen LogP) is 3.10. The topological polar surface area (TPSA) is 81.2 Å². The predicted molar refractivity (Wildman–Crippen MR) is 94.1 cm³/mol. The molecule has 0 aliphatic rings. The molecule has 1 amide bonds. The quantitative estimate of drug-likeness (QED) is 0.525. The maximum Gasteiger partial charge on any atom is 0.316 e. The molecule has 0 unspecified atom stereocenters. The van der Waals surface area contributed by atoms with Gasteiger partial charge in [0.25, 0.3) is 5.91 Å². The molecule has 0 bridgehead atoms. The van der Waals surface area contributed by atoms with Gasteiger partial charge in [0, 0.05) is 4.90 Å². The van der Waals surface area contributed by atoms with E-state index < -0.39 is 24.3 Å². The molecule has 9 heteroatoms. The van der Waals surface area contributed by atoms with Gasteiger partial charge in [0.05, 0.1) is 23.2 Å². The number of rotatable bonds is 6. The Balaban J connectivity index is 1.48. The highest BCUT2D eigenvalue weighted by Gasteiger charge is 2.12. The molecule has 128 valence electrons. The molecule has 0 fully saturated rings. The van der Waals surface area contributed by atoms with Crippen LogP contribution >= 0.6 is 23.5 Å². The Bertz CT molecular complexity index is 916. The van der Waals surface area contributed by atoms with E-state index in [1.54, 1.807) is 36.4 Å². The number of hydrogen-bond acceptors (Lipinski definition) is 7. The van der Waals surface area contributed by atoms with Gasteiger partial charge < -0.3 is 10.1 Å². The van der Waals surface area contributed by atoms with Crippen LogP contribution in [0.5, 0.6) is 0 Å². The molecule has 0 aliphatic heterocycles. The van der Waals surface area contributed by atoms with Gasteiger partial charge in [-0.1, -0.05) is 18.2 Å². The zero-order valence-corrected chi connectivity index (χ0v) is 14.4. The molecule has 0 aliphatic carbocycles. The minimum atomic E-state index is -0.600. The van der Waals surface area contributed by atoms with Crippen molar-refractivity contribution in [2.75, 3.05) is 17.7 Å². The van der Waals surface area contributed by atoms with E-state index in [0.29, 0.717) is 21.6 Å². The van der Waals surface area contributed by atoms with Crippen molar-refractivity contribution in [1.29, 1.82) is 0 Å². The van der Waals surface area contributed by atoms with Crippen LogP contribution in [0.4, 0.5) is 10.1 Å². The third-order valence-corrected chi connectivity index (χ3v) is 4.67. The van der Waals surface area contributed by atoms with Crippen LogP contribution in [-0.4, -0.2) is 33.0 Å². The van der Waals surface area contributed by atoms with Crippen molar-refractivity contribution >= 4 is 52.1 Å². The summed E-state index contributed by atoms with van der Waals surface area (Å²) in [6.07, 6.45) is 0. The van der Waals surface area contributed by atoms with Crippen LogP contribution in [0.2, 0.25) is 0 Å². The first-order valence-electron chi connectivity index (χ1n) is 7.17. The average molecular weight is 377 g/mol. The molecule has 1 aromatic heterocycles. The number of amides is 1. The number of ether oxygens (including phenoxy) is 1. The third-order valence-electron chi connectivity index (χ3n) is 3.11. The molecule has 1 heterocycles. The highest BCUT2D eigenvalue weighted by molar-refractivity contribution is 8.00. The standard InChI is InChI=1S/C16H12FN3O3S2/c17-10-4-1-2-7-13(10)24-9-15(22)23-8-14(21)18-11-5-3-6-12-16(11)20-25-19-12/h1-7H,8-9H2,(H,18,21). The maximum absolute atomic E-state index is 13.5. The lowest BCUT2D eigenvalue weighted by molar-refractivity contribution is -0.144. The van der Waals surface area contributed by atoms with E-state index in [-0.39, 0.29) is 5.75 Å². The Kier molecular flexibility index (Phi) is 5.56. The Hall–Kier alpha value is -2.52. The van der Waals surface area contributed by atoms with Gasteiger partial charge in [0.15, 0.2) is 6.61 Å². The van der Waals surface area contributed by atoms with E-state index in [4.69, 9.17) is 4.74 Å². The SMILES string of the molecule is O=C(COC(=O)CSc1ccccc1F)Nc1cccc2nsnc12. The van der Waals surface area contributed by atoms with Gasteiger partial charge >= 0.3 is 5.97 Å². The number of nitrogens with one attached hydrogen (secondary N) is 1. The van der Waals surface area contributed by atoms with Gasteiger partial charge in [-0.3, -0.25) is 9.59 Å². The lowest BCUT2D eigenvalue weighted by Gasteiger charge is -2.07. The number of nitrogens with zero attached hydrogens (tertiary/aromatic N) is 2. The minimum Gasteiger partial charge on any atom is -0.455 e. The molecular formula is C16H12FN3O3S2. The summed E-state index contributed by atoms with van der Waals surface area (Å²) in [6, 6.07) is 11.4. The zero-order chi connectivity index (χ0) is 17.6. The number of anilines is 1. The van der Waals surface area contributed by atoms with Crippen LogP contribution in [0, 0.1) is 5.82 Å². The normalized spacial score (nSPS) is 10.6. The summed E-state index contributed by atoms with van der Waals surface area (Å²) in [5, 5.41) is 2.63. The molecule has 2 aromatic carbocycles. The van der Waals surface area contributed by atoms with Crippen molar-refractivity contribution in [3.05, 3.63) is 48.3 Å². The van der Waals surface area contributed by atoms with Crippen LogP contribution in [0.25, 0.3) is 11.0 Å². The Labute approximate surface area is 150 Å². The number of thioether (sulfide) groups is 1. The number of carbonyl (C=O) groups is 2. The first-order chi connectivity index (χ1) is 12.1. The van der Waals surface area contributed by atoms with E-state index in [1.807, 2.05) is 0 Å². The van der Waals surface area contributed by atoms with Crippen molar-refractivity contribution in [2.45, 2.75) is 4.90 Å². The van der Waals surface area contributed by atoms with Crippen molar-refractivity contribution in [1.82, 2.24) is 8.75 Å². The van der Waals surface area contributed by atoms with E-state index >= 15 is 0 Å². The van der Waals surface area contributed by atoms with Gasteiger partial charge in [-0.05, 0) is 24.3 Å². The van der Waals surface area contributed by atoms with Crippen LogP contribution in [0.15, 0.2) is 47.4 Å². The van der Waals surface area contributed by atoms with Gasteiger partial charge in [-0.2, -0.15) is 8.75 Å². The van der Waals surface area contributed by atoms with Gasteiger partial charge in [0.1, 0.15) is 16.9 Å². The maximum atomic E-state index is 13.5. The first-order valence-corrected chi connectivity index (χ1v) is 8.89. The summed E-state index contributed by atoms with van der Waals surface area (Å²) in [7, 11) is 0. The molecule has 25 heavy (non-hydrogen) atoms. The highest BCUT2D eigenvalue weighted by Crippen LogP contribution is 2.22. The van der Waals surface area contributed by atoms with E-state index in [2.05, 4.69) is 14.1 Å². The fourth-order valence-corrected chi connectivity index (χ4v) is 3.27. The molecule has 3 rings (SSSR count). The fraction of sp³-hybridized carbons (Fsp3) is 0.125. The number of hydrogen-bond donors (Lipinski definition) is 1. The monoisotopic (exact) mass is 377 g/mol. The second-order valence-electron chi connectivity index (χ2n) is 4.87. The highest BCUT2D eigenvalue weighted by atomic mass is 32.2. The first kappa shape index (κ1) is 17.3. The zero-order valence-electron chi connectivity index (χ0n) is 12.8. The van der Waals surface area contributed by atoms with Crippen LogP contribution in [-0.2, 0) is 14.3 Å². The molecule has 3 aromatic rings. The van der Waals surface area contributed by atoms with Gasteiger partial charge in [-0.15, -0.1) is 11.8 Å². The van der Waals surface area contributed by atoms with Crippen LogP contribution in [0.3, 0.4) is 0 Å². The van der Waals surface area contributed by atoms with Crippen molar-refractivity contribution in [3.63, 3.8) is 0 Å². The smallest absolute Gasteiger partial charge is 0.316 e. The van der Waals surface area contributed by atoms with E-state index in [9.17, 15) is 14.0 Å². The molecule has 6 nitrogen and oxygen atoms in total. The fourth-order valence-electron chi connectivity index (χ4n) is 1.98. The van der Waals surface area contributed by atoms with Gasteiger partial charge in [0.2, 0.25) is 0 Å². The molecule has 0 saturated carbocycles. The molecule has 1 N–H and O–H groups in total. The van der Waals surface area contributed by atoms with Crippen LogP contribution < -0.4 is 5.32 Å². The minimum absolute atomic E-state index is 0.0835. The number of fused-ring (bicyclic) bond motifs is 1. The number of aromatic nitrogens is 2.